The van der Waals surface area contributed by atoms with E-state index in [4.69, 9.17) is 10.8 Å². The third-order valence-corrected chi connectivity index (χ3v) is 4.76. The molecule has 0 radical (unpaired) electrons. The smallest absolute Gasteiger partial charge is 0.263 e. The average Bonchev–Trinajstić information content (AvgIpc) is 2.81. The molecule has 4 N–H and O–H groups in total. The summed E-state index contributed by atoms with van der Waals surface area (Å²) in [6.07, 6.45) is 1.61. The molecule has 1 aromatic heterocycles. The van der Waals surface area contributed by atoms with Crippen LogP contribution in [0.2, 0.25) is 0 Å². The summed E-state index contributed by atoms with van der Waals surface area (Å²) < 4.78 is 1.03. The van der Waals surface area contributed by atoms with Crippen LogP contribution in [0.4, 0.5) is 5.69 Å². The minimum absolute atomic E-state index is 0.0379. The summed E-state index contributed by atoms with van der Waals surface area (Å²) in [4.78, 5) is 12.9. The van der Waals surface area contributed by atoms with Gasteiger partial charge in [-0.25, -0.2) is 0 Å². The van der Waals surface area contributed by atoms with Crippen LogP contribution in [0.25, 0.3) is 10.1 Å². The first-order valence-electron chi connectivity index (χ1n) is 7.11. The molecular weight excluding hydrogens is 284 g/mol. The van der Waals surface area contributed by atoms with Gasteiger partial charge >= 0.3 is 0 Å². The van der Waals surface area contributed by atoms with Crippen molar-refractivity contribution < 1.29 is 9.90 Å². The lowest BCUT2D eigenvalue weighted by Gasteiger charge is -2.24. The number of carbonyl (C=O) groups excluding carboxylic acids is 1. The minimum atomic E-state index is -0.120. The fourth-order valence-electron chi connectivity index (χ4n) is 2.28. The number of hydrogen-bond acceptors (Lipinski definition) is 4. The Bertz CT molecular complexity index is 634. The lowest BCUT2D eigenvalue weighted by Crippen LogP contribution is -2.34. The SMILES string of the molecule is CC(C)(CCCO)CNC(=O)c1sc2ccccc2c1N. The number of anilines is 1. The quantitative estimate of drug-likeness (QED) is 0.768. The van der Waals surface area contributed by atoms with E-state index in [2.05, 4.69) is 19.2 Å². The molecule has 0 fully saturated rings. The van der Waals surface area contributed by atoms with Gasteiger partial charge in [0.25, 0.3) is 5.91 Å². The molecule has 114 valence electrons. The summed E-state index contributed by atoms with van der Waals surface area (Å²) in [5.41, 5.74) is 6.59. The van der Waals surface area contributed by atoms with Crippen LogP contribution in [0.1, 0.15) is 36.4 Å². The van der Waals surface area contributed by atoms with Crippen LogP contribution in [0, 0.1) is 5.41 Å². The van der Waals surface area contributed by atoms with Gasteiger partial charge in [0.15, 0.2) is 0 Å². The molecule has 0 bridgehead atoms. The third kappa shape index (κ3) is 3.74. The van der Waals surface area contributed by atoms with Crippen molar-refractivity contribution in [1.29, 1.82) is 0 Å². The Balaban J connectivity index is 2.07. The van der Waals surface area contributed by atoms with Crippen molar-refractivity contribution in [2.45, 2.75) is 26.7 Å². The van der Waals surface area contributed by atoms with E-state index >= 15 is 0 Å². The van der Waals surface area contributed by atoms with E-state index in [9.17, 15) is 4.79 Å². The van der Waals surface area contributed by atoms with E-state index in [1.54, 1.807) is 0 Å². The molecule has 0 saturated carbocycles. The maximum atomic E-state index is 12.3. The van der Waals surface area contributed by atoms with Crippen molar-refractivity contribution in [2.24, 2.45) is 5.41 Å². The molecule has 1 aromatic carbocycles. The fourth-order valence-corrected chi connectivity index (χ4v) is 3.32. The first-order chi connectivity index (χ1) is 9.94. The zero-order chi connectivity index (χ0) is 15.5. The predicted octanol–water partition coefficient (Wildman–Crippen LogP) is 3.01. The molecule has 0 aliphatic rings. The number of aliphatic hydroxyl groups is 1. The Morgan fingerprint density at radius 1 is 1.38 bits per heavy atom. The van der Waals surface area contributed by atoms with Crippen molar-refractivity contribution in [3.05, 3.63) is 29.1 Å². The first-order valence-corrected chi connectivity index (χ1v) is 7.92. The van der Waals surface area contributed by atoms with E-state index in [0.717, 1.165) is 22.9 Å². The number of aliphatic hydroxyl groups excluding tert-OH is 1. The number of amides is 1. The minimum Gasteiger partial charge on any atom is -0.397 e. The predicted molar refractivity (Wildman–Crippen MR) is 88.7 cm³/mol. The number of nitrogens with one attached hydrogen (secondary N) is 1. The number of thiophene rings is 1. The molecule has 2 rings (SSSR count). The van der Waals surface area contributed by atoms with Gasteiger partial charge < -0.3 is 16.2 Å². The van der Waals surface area contributed by atoms with Gasteiger partial charge in [-0.1, -0.05) is 32.0 Å². The summed E-state index contributed by atoms with van der Waals surface area (Å²) in [6.45, 7) is 4.91. The number of benzene rings is 1. The summed E-state index contributed by atoms with van der Waals surface area (Å²) in [5.74, 6) is -0.120. The van der Waals surface area contributed by atoms with Crippen molar-refractivity contribution in [3.63, 3.8) is 0 Å². The van der Waals surface area contributed by atoms with Crippen LogP contribution in [0.15, 0.2) is 24.3 Å². The summed E-state index contributed by atoms with van der Waals surface area (Å²) in [6, 6.07) is 7.77. The van der Waals surface area contributed by atoms with Gasteiger partial charge in [0.2, 0.25) is 0 Å². The molecule has 0 spiro atoms. The maximum Gasteiger partial charge on any atom is 0.263 e. The number of hydrogen-bond donors (Lipinski definition) is 3. The Hall–Kier alpha value is -1.59. The largest absolute Gasteiger partial charge is 0.397 e. The number of fused-ring (bicyclic) bond motifs is 1. The highest BCUT2D eigenvalue weighted by atomic mass is 32.1. The van der Waals surface area contributed by atoms with Crippen LogP contribution >= 0.6 is 11.3 Å². The number of nitrogens with two attached hydrogens (primary N) is 1. The fraction of sp³-hybridized carbons (Fsp3) is 0.438. The molecular formula is C16H22N2O2S. The second-order valence-corrected chi connectivity index (χ2v) is 7.07. The third-order valence-electron chi connectivity index (χ3n) is 3.58. The van der Waals surface area contributed by atoms with Gasteiger partial charge in [0.1, 0.15) is 4.88 Å². The molecule has 2 aromatic rings. The second kappa shape index (κ2) is 6.45. The van der Waals surface area contributed by atoms with Gasteiger partial charge in [-0.15, -0.1) is 11.3 Å². The Labute approximate surface area is 129 Å². The highest BCUT2D eigenvalue weighted by Crippen LogP contribution is 2.33. The van der Waals surface area contributed by atoms with Crippen LogP contribution in [-0.4, -0.2) is 24.2 Å². The number of rotatable bonds is 6. The standard InChI is InChI=1S/C16H22N2O2S/c1-16(2,8-5-9-19)10-18-15(20)14-13(17)11-6-3-4-7-12(11)21-14/h3-4,6-7,19H,5,8-10,17H2,1-2H3,(H,18,20). The second-order valence-electron chi connectivity index (χ2n) is 6.02. The van der Waals surface area contributed by atoms with Crippen LogP contribution in [-0.2, 0) is 0 Å². The monoisotopic (exact) mass is 306 g/mol. The molecule has 0 unspecified atom stereocenters. The normalized spacial score (nSPS) is 11.8. The van der Waals surface area contributed by atoms with Gasteiger partial charge in [-0.3, -0.25) is 4.79 Å². The van der Waals surface area contributed by atoms with E-state index in [1.807, 2.05) is 24.3 Å². The molecule has 0 aliphatic carbocycles. The maximum absolute atomic E-state index is 12.3. The molecule has 1 heterocycles. The topological polar surface area (TPSA) is 75.3 Å². The molecule has 5 heteroatoms. The van der Waals surface area contributed by atoms with Crippen LogP contribution in [0.5, 0.6) is 0 Å². The summed E-state index contributed by atoms with van der Waals surface area (Å²) in [7, 11) is 0. The molecule has 4 nitrogen and oxygen atoms in total. The molecule has 1 amide bonds. The van der Waals surface area contributed by atoms with Crippen LogP contribution < -0.4 is 11.1 Å². The van der Waals surface area contributed by atoms with Gasteiger partial charge in [0.05, 0.1) is 5.69 Å². The van der Waals surface area contributed by atoms with Crippen molar-refractivity contribution >= 4 is 33.0 Å². The Morgan fingerprint density at radius 3 is 2.76 bits per heavy atom. The van der Waals surface area contributed by atoms with E-state index in [-0.39, 0.29) is 17.9 Å². The molecule has 21 heavy (non-hydrogen) atoms. The average molecular weight is 306 g/mol. The zero-order valence-electron chi connectivity index (χ0n) is 12.5. The van der Waals surface area contributed by atoms with Gasteiger partial charge in [0, 0.05) is 23.2 Å². The highest BCUT2D eigenvalue weighted by Gasteiger charge is 2.21. The number of carbonyl (C=O) groups is 1. The van der Waals surface area contributed by atoms with Crippen molar-refractivity contribution in [3.8, 4) is 0 Å². The lowest BCUT2D eigenvalue weighted by molar-refractivity contribution is 0.0938. The van der Waals surface area contributed by atoms with E-state index in [0.29, 0.717) is 17.1 Å². The molecule has 0 atom stereocenters. The lowest BCUT2D eigenvalue weighted by atomic mass is 9.88. The van der Waals surface area contributed by atoms with Crippen molar-refractivity contribution in [1.82, 2.24) is 5.32 Å². The first kappa shape index (κ1) is 15.8. The Morgan fingerprint density at radius 2 is 2.10 bits per heavy atom. The van der Waals surface area contributed by atoms with Crippen molar-refractivity contribution in [2.75, 3.05) is 18.9 Å². The van der Waals surface area contributed by atoms with E-state index in [1.165, 1.54) is 11.3 Å². The summed E-state index contributed by atoms with van der Waals surface area (Å²) >= 11 is 1.42. The van der Waals surface area contributed by atoms with Gasteiger partial charge in [-0.05, 0) is 24.3 Å². The van der Waals surface area contributed by atoms with Crippen LogP contribution in [0.3, 0.4) is 0 Å². The number of nitrogen functional groups attached to an aromatic ring is 1. The molecule has 0 aliphatic heterocycles. The Kier molecular flexibility index (Phi) is 4.85. The van der Waals surface area contributed by atoms with Gasteiger partial charge in [-0.2, -0.15) is 0 Å². The highest BCUT2D eigenvalue weighted by molar-refractivity contribution is 7.21. The van der Waals surface area contributed by atoms with E-state index < -0.39 is 0 Å². The summed E-state index contributed by atoms with van der Waals surface area (Å²) in [5, 5.41) is 12.8. The molecule has 0 saturated heterocycles. The zero-order valence-corrected chi connectivity index (χ0v) is 13.3.